The minimum atomic E-state index is -1.10. The summed E-state index contributed by atoms with van der Waals surface area (Å²) in [5, 5.41) is 19.9. The molecule has 1 saturated heterocycles. The third kappa shape index (κ3) is 3.56. The van der Waals surface area contributed by atoms with Gasteiger partial charge in [0.2, 0.25) is 5.91 Å². The summed E-state index contributed by atoms with van der Waals surface area (Å²) in [5.41, 5.74) is 0.300. The maximum Gasteiger partial charge on any atom is 0.311 e. The molecule has 1 aliphatic heterocycles. The molecule has 0 aromatic heterocycles. The van der Waals surface area contributed by atoms with Crippen molar-refractivity contribution in [3.8, 4) is 0 Å². The molecular formula is C14H16N2O5. The minimum Gasteiger partial charge on any atom is -0.481 e. The number of non-ortho nitro benzene ring substituents is 1. The Morgan fingerprint density at radius 3 is 2.29 bits per heavy atom. The summed E-state index contributed by atoms with van der Waals surface area (Å²) in [6.07, 6.45) is 1.77. The van der Waals surface area contributed by atoms with Crippen LogP contribution in [0.1, 0.15) is 30.7 Å². The number of rotatable bonds is 5. The van der Waals surface area contributed by atoms with Crippen molar-refractivity contribution >= 4 is 17.6 Å². The van der Waals surface area contributed by atoms with Gasteiger partial charge in [0.05, 0.1) is 10.8 Å². The van der Waals surface area contributed by atoms with Crippen molar-refractivity contribution in [3.63, 3.8) is 0 Å². The molecule has 1 amide bonds. The Morgan fingerprint density at radius 2 is 1.81 bits per heavy atom. The maximum atomic E-state index is 12.1. The van der Waals surface area contributed by atoms with Gasteiger partial charge in [-0.25, -0.2) is 0 Å². The molecule has 1 N–H and O–H groups in total. The van der Waals surface area contributed by atoms with Crippen LogP contribution >= 0.6 is 0 Å². The normalized spacial score (nSPS) is 15.7. The van der Waals surface area contributed by atoms with Crippen molar-refractivity contribution in [1.82, 2.24) is 4.90 Å². The van der Waals surface area contributed by atoms with Crippen LogP contribution in [0.3, 0.4) is 0 Å². The lowest BCUT2D eigenvalue weighted by atomic mass is 9.95. The number of hydrogen-bond donors (Lipinski definition) is 1. The molecule has 0 radical (unpaired) electrons. The van der Waals surface area contributed by atoms with E-state index in [2.05, 4.69) is 0 Å². The molecule has 0 spiro atoms. The van der Waals surface area contributed by atoms with E-state index in [1.165, 1.54) is 24.3 Å². The maximum absolute atomic E-state index is 12.1. The fraction of sp³-hybridized carbons (Fsp3) is 0.429. The first-order valence-electron chi connectivity index (χ1n) is 6.74. The van der Waals surface area contributed by atoms with Gasteiger partial charge in [0.25, 0.3) is 5.69 Å². The van der Waals surface area contributed by atoms with Crippen LogP contribution in [0.5, 0.6) is 0 Å². The number of carbonyl (C=O) groups is 2. The highest BCUT2D eigenvalue weighted by Gasteiger charge is 2.27. The molecule has 7 nitrogen and oxygen atoms in total. The lowest BCUT2D eigenvalue weighted by Gasteiger charge is -2.18. The van der Waals surface area contributed by atoms with Crippen LogP contribution in [0.25, 0.3) is 0 Å². The molecule has 1 aromatic carbocycles. The van der Waals surface area contributed by atoms with Crippen LogP contribution in [-0.2, 0) is 9.59 Å². The second kappa shape index (κ2) is 6.34. The van der Waals surface area contributed by atoms with Gasteiger partial charge in [-0.3, -0.25) is 19.7 Å². The molecular weight excluding hydrogens is 276 g/mol. The number of nitrogens with zero attached hydrogens (tertiary/aromatic N) is 2. The predicted octanol–water partition coefficient (Wildman–Crippen LogP) is 1.78. The van der Waals surface area contributed by atoms with Gasteiger partial charge in [-0.15, -0.1) is 0 Å². The van der Waals surface area contributed by atoms with Crippen molar-refractivity contribution in [2.45, 2.75) is 25.2 Å². The number of carboxylic acid groups (broad SMARTS) is 1. The highest BCUT2D eigenvalue weighted by atomic mass is 16.6. The summed E-state index contributed by atoms with van der Waals surface area (Å²) in [6.45, 7) is 1.34. The molecule has 7 heteroatoms. The number of likely N-dealkylation sites (tertiary alicyclic amines) is 1. The van der Waals surface area contributed by atoms with Gasteiger partial charge in [-0.2, -0.15) is 0 Å². The zero-order valence-electron chi connectivity index (χ0n) is 11.4. The van der Waals surface area contributed by atoms with Crippen molar-refractivity contribution in [3.05, 3.63) is 39.9 Å². The van der Waals surface area contributed by atoms with Crippen molar-refractivity contribution in [2.75, 3.05) is 13.1 Å². The molecule has 112 valence electrons. The van der Waals surface area contributed by atoms with E-state index in [9.17, 15) is 24.8 Å². The summed E-state index contributed by atoms with van der Waals surface area (Å²) < 4.78 is 0. The second-order valence-corrected chi connectivity index (χ2v) is 5.03. The van der Waals surface area contributed by atoms with E-state index in [4.69, 9.17) is 0 Å². The summed E-state index contributed by atoms with van der Waals surface area (Å²) in [6, 6.07) is 5.31. The van der Waals surface area contributed by atoms with E-state index in [0.717, 1.165) is 12.8 Å². The number of aliphatic carboxylic acids is 1. The van der Waals surface area contributed by atoms with Crippen molar-refractivity contribution in [2.24, 2.45) is 0 Å². The fourth-order valence-electron chi connectivity index (χ4n) is 2.45. The Morgan fingerprint density at radius 1 is 1.24 bits per heavy atom. The number of amides is 1. The highest BCUT2D eigenvalue weighted by Crippen LogP contribution is 2.24. The number of carbonyl (C=O) groups excluding carboxylic acids is 1. The lowest BCUT2D eigenvalue weighted by molar-refractivity contribution is -0.384. The number of nitro groups is 1. The van der Waals surface area contributed by atoms with Crippen LogP contribution in [0.4, 0.5) is 5.69 Å². The Balaban J connectivity index is 2.12. The van der Waals surface area contributed by atoms with E-state index in [0.29, 0.717) is 18.7 Å². The molecule has 1 aliphatic rings. The Labute approximate surface area is 121 Å². The highest BCUT2D eigenvalue weighted by molar-refractivity contribution is 5.86. The SMILES string of the molecule is O=C(O)C(CC(=O)N1CCCC1)c1ccc([N+](=O)[O-])cc1. The summed E-state index contributed by atoms with van der Waals surface area (Å²) in [4.78, 5) is 35.1. The van der Waals surface area contributed by atoms with Crippen LogP contribution in [0, 0.1) is 10.1 Å². The van der Waals surface area contributed by atoms with Crippen LogP contribution in [0.2, 0.25) is 0 Å². The van der Waals surface area contributed by atoms with Gasteiger partial charge in [0, 0.05) is 31.6 Å². The zero-order chi connectivity index (χ0) is 15.4. The summed E-state index contributed by atoms with van der Waals surface area (Å²) >= 11 is 0. The fourth-order valence-corrected chi connectivity index (χ4v) is 2.45. The molecule has 1 unspecified atom stereocenters. The minimum absolute atomic E-state index is 0.103. The van der Waals surface area contributed by atoms with Gasteiger partial charge >= 0.3 is 5.97 Å². The Hall–Kier alpha value is -2.44. The number of nitro benzene ring substituents is 1. The molecule has 1 fully saturated rings. The van der Waals surface area contributed by atoms with Gasteiger partial charge in [0.1, 0.15) is 0 Å². The van der Waals surface area contributed by atoms with Crippen molar-refractivity contribution < 1.29 is 19.6 Å². The van der Waals surface area contributed by atoms with Gasteiger partial charge < -0.3 is 10.0 Å². The van der Waals surface area contributed by atoms with Crippen LogP contribution in [0.15, 0.2) is 24.3 Å². The Bertz CT molecular complexity index is 549. The number of benzene rings is 1. The second-order valence-electron chi connectivity index (χ2n) is 5.03. The third-order valence-corrected chi connectivity index (χ3v) is 3.64. The van der Waals surface area contributed by atoms with Gasteiger partial charge in [0.15, 0.2) is 0 Å². The number of hydrogen-bond acceptors (Lipinski definition) is 4. The van der Waals surface area contributed by atoms with Crippen LogP contribution < -0.4 is 0 Å². The topological polar surface area (TPSA) is 101 Å². The average molecular weight is 292 g/mol. The average Bonchev–Trinajstić information content (AvgIpc) is 2.98. The Kier molecular flexibility index (Phi) is 4.52. The molecule has 1 heterocycles. The molecule has 1 aromatic rings. The predicted molar refractivity (Wildman–Crippen MR) is 73.9 cm³/mol. The van der Waals surface area contributed by atoms with E-state index in [1.807, 2.05) is 0 Å². The van der Waals surface area contributed by atoms with E-state index >= 15 is 0 Å². The lowest BCUT2D eigenvalue weighted by Crippen LogP contribution is -2.30. The first-order valence-corrected chi connectivity index (χ1v) is 6.74. The summed E-state index contributed by atoms with van der Waals surface area (Å²) in [7, 11) is 0. The van der Waals surface area contributed by atoms with Crippen LogP contribution in [-0.4, -0.2) is 39.9 Å². The van der Waals surface area contributed by atoms with Gasteiger partial charge in [-0.1, -0.05) is 12.1 Å². The van der Waals surface area contributed by atoms with E-state index < -0.39 is 16.8 Å². The standard InChI is InChI=1S/C14H16N2O5/c17-13(15-7-1-2-8-15)9-12(14(18)19)10-3-5-11(6-4-10)16(20)21/h3-6,12H,1-2,7-9H2,(H,18,19). The van der Waals surface area contributed by atoms with Crippen molar-refractivity contribution in [1.29, 1.82) is 0 Å². The first kappa shape index (κ1) is 15.0. The molecule has 1 atom stereocenters. The smallest absolute Gasteiger partial charge is 0.311 e. The number of carboxylic acids is 1. The van der Waals surface area contributed by atoms with Gasteiger partial charge in [-0.05, 0) is 18.4 Å². The third-order valence-electron chi connectivity index (χ3n) is 3.64. The first-order chi connectivity index (χ1) is 9.99. The van der Waals surface area contributed by atoms with E-state index in [1.54, 1.807) is 4.90 Å². The molecule has 0 aliphatic carbocycles. The molecule has 0 bridgehead atoms. The van der Waals surface area contributed by atoms with E-state index in [-0.39, 0.29) is 18.0 Å². The molecule has 21 heavy (non-hydrogen) atoms. The zero-order valence-corrected chi connectivity index (χ0v) is 11.4. The molecule has 0 saturated carbocycles. The summed E-state index contributed by atoms with van der Waals surface area (Å²) in [5.74, 6) is -2.26. The monoisotopic (exact) mass is 292 g/mol. The largest absolute Gasteiger partial charge is 0.481 e. The quantitative estimate of drug-likeness (QED) is 0.658. The molecule has 2 rings (SSSR count).